The Morgan fingerprint density at radius 3 is 2.53 bits per heavy atom. The van der Waals surface area contributed by atoms with Gasteiger partial charge in [-0.2, -0.15) is 0 Å². The molecule has 0 saturated heterocycles. The van der Waals surface area contributed by atoms with Crippen LogP contribution >= 0.6 is 0 Å². The van der Waals surface area contributed by atoms with E-state index in [-0.39, 0.29) is 11.9 Å². The van der Waals surface area contributed by atoms with Crippen LogP contribution in [0.5, 0.6) is 5.75 Å². The van der Waals surface area contributed by atoms with E-state index in [1.165, 1.54) is 0 Å². The zero-order valence-corrected chi connectivity index (χ0v) is 18.6. The van der Waals surface area contributed by atoms with Crippen molar-refractivity contribution in [2.75, 3.05) is 23.9 Å². The van der Waals surface area contributed by atoms with Gasteiger partial charge in [-0.1, -0.05) is 24.3 Å². The number of hydrogen-bond donors (Lipinski definition) is 2. The van der Waals surface area contributed by atoms with Crippen molar-refractivity contribution in [1.29, 1.82) is 0 Å². The van der Waals surface area contributed by atoms with E-state index in [1.807, 2.05) is 50.2 Å². The second-order valence-electron chi connectivity index (χ2n) is 8.02. The largest absolute Gasteiger partial charge is 0.497 e. The van der Waals surface area contributed by atoms with Crippen LogP contribution in [0, 0.1) is 13.8 Å². The molecule has 0 spiro atoms. The number of carbonyl (C=O) groups is 2. The van der Waals surface area contributed by atoms with E-state index in [1.54, 1.807) is 36.3 Å². The van der Waals surface area contributed by atoms with Crippen molar-refractivity contribution in [2.24, 2.45) is 0 Å². The highest BCUT2D eigenvalue weighted by molar-refractivity contribution is 6.07. The highest BCUT2D eigenvalue weighted by atomic mass is 16.5. The van der Waals surface area contributed by atoms with Crippen LogP contribution in [0.4, 0.5) is 16.2 Å². The maximum absolute atomic E-state index is 13.1. The normalized spacial score (nSPS) is 12.3. The lowest BCUT2D eigenvalue weighted by molar-refractivity contribution is 0.0989. The van der Waals surface area contributed by atoms with Gasteiger partial charge in [0.2, 0.25) is 0 Å². The van der Waals surface area contributed by atoms with Crippen molar-refractivity contribution in [3.05, 3.63) is 88.5 Å². The number of nitrogens with zero attached hydrogens (tertiary/aromatic N) is 1. The predicted molar refractivity (Wildman–Crippen MR) is 127 cm³/mol. The third kappa shape index (κ3) is 4.59. The molecule has 0 saturated carbocycles. The molecule has 4 rings (SSSR count). The van der Waals surface area contributed by atoms with Gasteiger partial charge in [0.15, 0.2) is 0 Å². The van der Waals surface area contributed by atoms with E-state index < -0.39 is 0 Å². The Balaban J connectivity index is 1.43. The smallest absolute Gasteiger partial charge is 0.319 e. The van der Waals surface area contributed by atoms with Crippen LogP contribution in [0.1, 0.15) is 32.6 Å². The Kier molecular flexibility index (Phi) is 6.12. The maximum atomic E-state index is 13.1. The topological polar surface area (TPSA) is 70.7 Å². The summed E-state index contributed by atoms with van der Waals surface area (Å²) in [6, 6.07) is 18.9. The lowest BCUT2D eigenvalue weighted by atomic mass is 10.1. The summed E-state index contributed by atoms with van der Waals surface area (Å²) >= 11 is 0. The lowest BCUT2D eigenvalue weighted by Gasteiger charge is -2.18. The van der Waals surface area contributed by atoms with Gasteiger partial charge in [0.1, 0.15) is 5.75 Å². The summed E-state index contributed by atoms with van der Waals surface area (Å²) in [5.41, 5.74) is 6.50. The fourth-order valence-corrected chi connectivity index (χ4v) is 3.85. The number of benzene rings is 3. The standard InChI is InChI=1S/C26H27N3O3/c1-17-4-5-18(2)23(14-17)28-26(31)27-16-19-6-7-20-12-13-29(24(20)15-19)25(30)21-8-10-22(32-3)11-9-21/h4-11,14-15H,12-13,16H2,1-3H3,(H2,27,28,31). The molecule has 3 amide bonds. The van der Waals surface area contributed by atoms with Crippen LogP contribution in [0.15, 0.2) is 60.7 Å². The second kappa shape index (κ2) is 9.14. The van der Waals surface area contributed by atoms with E-state index in [2.05, 4.69) is 10.6 Å². The Morgan fingerprint density at radius 1 is 1.00 bits per heavy atom. The van der Waals surface area contributed by atoms with Crippen LogP contribution in [-0.4, -0.2) is 25.6 Å². The first-order valence-electron chi connectivity index (χ1n) is 10.6. The molecule has 3 aromatic carbocycles. The number of aryl methyl sites for hydroxylation is 2. The van der Waals surface area contributed by atoms with E-state index in [9.17, 15) is 9.59 Å². The van der Waals surface area contributed by atoms with Gasteiger partial charge in [-0.15, -0.1) is 0 Å². The van der Waals surface area contributed by atoms with Crippen molar-refractivity contribution in [1.82, 2.24) is 5.32 Å². The second-order valence-corrected chi connectivity index (χ2v) is 8.02. The molecule has 0 bridgehead atoms. The van der Waals surface area contributed by atoms with Crippen LogP contribution in [0.25, 0.3) is 0 Å². The van der Waals surface area contributed by atoms with Crippen LogP contribution < -0.4 is 20.3 Å². The molecular formula is C26H27N3O3. The number of amides is 3. The van der Waals surface area contributed by atoms with E-state index in [4.69, 9.17) is 4.74 Å². The molecule has 0 atom stereocenters. The molecular weight excluding hydrogens is 402 g/mol. The molecule has 0 aromatic heterocycles. The predicted octanol–water partition coefficient (Wildman–Crippen LogP) is 4.84. The highest BCUT2D eigenvalue weighted by Gasteiger charge is 2.26. The molecule has 0 fully saturated rings. The molecule has 32 heavy (non-hydrogen) atoms. The number of methoxy groups -OCH3 is 1. The minimum absolute atomic E-state index is 0.0378. The zero-order valence-electron chi connectivity index (χ0n) is 18.6. The van der Waals surface area contributed by atoms with Crippen molar-refractivity contribution in [3.8, 4) is 5.75 Å². The Morgan fingerprint density at radius 2 is 1.78 bits per heavy atom. The summed E-state index contributed by atoms with van der Waals surface area (Å²) in [5.74, 6) is 0.681. The summed E-state index contributed by atoms with van der Waals surface area (Å²) in [7, 11) is 1.60. The van der Waals surface area contributed by atoms with E-state index in [0.29, 0.717) is 18.7 Å². The molecule has 2 N–H and O–H groups in total. The molecule has 3 aromatic rings. The molecule has 0 aliphatic carbocycles. The van der Waals surface area contributed by atoms with Crippen molar-refractivity contribution >= 4 is 23.3 Å². The summed E-state index contributed by atoms with van der Waals surface area (Å²) in [4.78, 5) is 27.3. The monoisotopic (exact) mass is 429 g/mol. The van der Waals surface area contributed by atoms with Gasteiger partial charge in [0, 0.05) is 30.0 Å². The first kappa shape index (κ1) is 21.4. The van der Waals surface area contributed by atoms with Crippen LogP contribution in [0.3, 0.4) is 0 Å². The zero-order chi connectivity index (χ0) is 22.7. The van der Waals surface area contributed by atoms with Gasteiger partial charge in [0.05, 0.1) is 7.11 Å². The van der Waals surface area contributed by atoms with Crippen molar-refractivity contribution < 1.29 is 14.3 Å². The summed E-state index contributed by atoms with van der Waals surface area (Å²) < 4.78 is 5.18. The molecule has 1 aliphatic rings. The maximum Gasteiger partial charge on any atom is 0.319 e. The van der Waals surface area contributed by atoms with Gasteiger partial charge in [0.25, 0.3) is 5.91 Å². The molecule has 0 unspecified atom stereocenters. The number of fused-ring (bicyclic) bond motifs is 1. The number of nitrogens with one attached hydrogen (secondary N) is 2. The first-order valence-corrected chi connectivity index (χ1v) is 10.6. The van der Waals surface area contributed by atoms with Gasteiger partial charge < -0.3 is 20.3 Å². The Labute approximate surface area is 188 Å². The van der Waals surface area contributed by atoms with Crippen molar-refractivity contribution in [3.63, 3.8) is 0 Å². The third-order valence-electron chi connectivity index (χ3n) is 5.72. The quantitative estimate of drug-likeness (QED) is 0.610. The number of rotatable bonds is 5. The molecule has 0 radical (unpaired) electrons. The molecule has 164 valence electrons. The van der Waals surface area contributed by atoms with E-state index >= 15 is 0 Å². The minimum Gasteiger partial charge on any atom is -0.497 e. The average molecular weight is 430 g/mol. The summed E-state index contributed by atoms with van der Waals surface area (Å²) in [6.07, 6.45) is 0.818. The molecule has 6 nitrogen and oxygen atoms in total. The SMILES string of the molecule is COc1ccc(C(=O)N2CCc3ccc(CNC(=O)Nc4cc(C)ccc4C)cc32)cc1. The molecule has 6 heteroatoms. The Hall–Kier alpha value is -3.80. The number of urea groups is 1. The minimum atomic E-state index is -0.259. The van der Waals surface area contributed by atoms with Gasteiger partial charge >= 0.3 is 6.03 Å². The van der Waals surface area contributed by atoms with Crippen LogP contribution in [-0.2, 0) is 13.0 Å². The van der Waals surface area contributed by atoms with E-state index in [0.717, 1.165) is 45.8 Å². The van der Waals surface area contributed by atoms with Gasteiger partial charge in [-0.05, 0) is 78.9 Å². The third-order valence-corrected chi connectivity index (χ3v) is 5.72. The summed E-state index contributed by atoms with van der Waals surface area (Å²) in [5, 5.41) is 5.81. The number of ether oxygens (including phenoxy) is 1. The van der Waals surface area contributed by atoms with Gasteiger partial charge in [-0.25, -0.2) is 4.79 Å². The van der Waals surface area contributed by atoms with Crippen LogP contribution in [0.2, 0.25) is 0 Å². The number of hydrogen-bond acceptors (Lipinski definition) is 3. The Bertz CT molecular complexity index is 1160. The molecule has 1 aliphatic heterocycles. The summed E-state index contributed by atoms with van der Waals surface area (Å²) in [6.45, 7) is 4.97. The van der Waals surface area contributed by atoms with Gasteiger partial charge in [-0.3, -0.25) is 4.79 Å². The fourth-order valence-electron chi connectivity index (χ4n) is 3.85. The molecule has 1 heterocycles. The highest BCUT2D eigenvalue weighted by Crippen LogP contribution is 2.30. The lowest BCUT2D eigenvalue weighted by Crippen LogP contribution is -2.30. The van der Waals surface area contributed by atoms with Crippen molar-refractivity contribution in [2.45, 2.75) is 26.8 Å². The average Bonchev–Trinajstić information content (AvgIpc) is 3.23. The number of anilines is 2. The number of carbonyl (C=O) groups excluding carboxylic acids is 2. The fraction of sp³-hybridized carbons (Fsp3) is 0.231. The first-order chi connectivity index (χ1) is 15.4.